The molecule has 0 aliphatic rings. The van der Waals surface area contributed by atoms with E-state index in [1.807, 2.05) is 6.07 Å². The molecule has 2 N–H and O–H groups in total. The van der Waals surface area contributed by atoms with Crippen molar-refractivity contribution in [3.63, 3.8) is 0 Å². The smallest absolute Gasteiger partial charge is 0.321 e. The maximum Gasteiger partial charge on any atom is 0.356 e. The summed E-state index contributed by atoms with van der Waals surface area (Å²) in [5.41, 5.74) is 2.09. The third-order valence-electron chi connectivity index (χ3n) is 5.65. The Balaban J connectivity index is 3.17. The minimum Gasteiger partial charge on any atom is -0.321 e. The van der Waals surface area contributed by atoms with E-state index < -0.39 is 7.60 Å². The molecule has 1 rings (SSSR count). The Bertz CT molecular complexity index is 565. The van der Waals surface area contributed by atoms with Crippen LogP contribution in [0.25, 0.3) is 0 Å². The summed E-state index contributed by atoms with van der Waals surface area (Å²) < 4.78 is 12.1. The Labute approximate surface area is 160 Å². The summed E-state index contributed by atoms with van der Waals surface area (Å²) in [6, 6.07) is 5.56. The van der Waals surface area contributed by atoms with Crippen molar-refractivity contribution < 1.29 is 14.4 Å². The normalized spacial score (nSPS) is 14.4. The van der Waals surface area contributed by atoms with Crippen LogP contribution in [0.15, 0.2) is 18.2 Å². The van der Waals surface area contributed by atoms with Gasteiger partial charge in [-0.2, -0.15) is 0 Å². The fraction of sp³-hybridized carbons (Fsp3) is 0.727. The molecule has 0 radical (unpaired) electrons. The molecule has 1 aromatic rings. The van der Waals surface area contributed by atoms with Crippen molar-refractivity contribution in [1.29, 1.82) is 0 Å². The van der Waals surface area contributed by atoms with Gasteiger partial charge in [-0.25, -0.2) is 0 Å². The highest BCUT2D eigenvalue weighted by atomic mass is 31.2. The predicted octanol–water partition coefficient (Wildman–Crippen LogP) is 6.01. The second kappa shape index (κ2) is 12.0. The minimum atomic E-state index is -4.25. The highest BCUT2D eigenvalue weighted by Crippen LogP contribution is 2.37. The van der Waals surface area contributed by atoms with Crippen molar-refractivity contribution >= 4 is 12.9 Å². The lowest BCUT2D eigenvalue weighted by Gasteiger charge is -2.23. The molecule has 26 heavy (non-hydrogen) atoms. The Hall–Kier alpha value is -0.630. The summed E-state index contributed by atoms with van der Waals surface area (Å²) >= 11 is 0. The molecule has 0 aliphatic carbocycles. The summed E-state index contributed by atoms with van der Waals surface area (Å²) in [6.45, 7) is 8.83. The lowest BCUT2D eigenvalue weighted by atomic mass is 9.85. The first-order chi connectivity index (χ1) is 12.4. The van der Waals surface area contributed by atoms with Gasteiger partial charge < -0.3 is 9.79 Å². The molecular weight excluding hydrogens is 343 g/mol. The third kappa shape index (κ3) is 7.55. The first-order valence-corrected chi connectivity index (χ1v) is 12.1. The van der Waals surface area contributed by atoms with Crippen molar-refractivity contribution in [1.82, 2.24) is 0 Å². The van der Waals surface area contributed by atoms with Gasteiger partial charge in [0.25, 0.3) is 0 Å². The molecule has 2 unspecified atom stereocenters. The average molecular weight is 383 g/mol. The Morgan fingerprint density at radius 2 is 1.42 bits per heavy atom. The van der Waals surface area contributed by atoms with Gasteiger partial charge in [-0.15, -0.1) is 0 Å². The van der Waals surface area contributed by atoms with Gasteiger partial charge in [0.2, 0.25) is 0 Å². The van der Waals surface area contributed by atoms with Crippen LogP contribution in [0, 0.1) is 11.8 Å². The third-order valence-corrected chi connectivity index (χ3v) is 6.70. The fourth-order valence-corrected chi connectivity index (χ4v) is 4.67. The number of benzene rings is 1. The van der Waals surface area contributed by atoms with Crippen LogP contribution in [0.2, 0.25) is 0 Å². The molecule has 0 saturated heterocycles. The molecule has 2 atom stereocenters. The topological polar surface area (TPSA) is 57.5 Å². The zero-order valence-electron chi connectivity index (χ0n) is 17.2. The van der Waals surface area contributed by atoms with Crippen molar-refractivity contribution in [2.75, 3.05) is 0 Å². The molecule has 3 nitrogen and oxygen atoms in total. The summed E-state index contributed by atoms with van der Waals surface area (Å²) in [6.07, 6.45) is 11.0. The van der Waals surface area contributed by atoms with Crippen LogP contribution in [-0.2, 0) is 17.4 Å². The van der Waals surface area contributed by atoms with E-state index in [9.17, 15) is 14.4 Å². The van der Waals surface area contributed by atoms with Gasteiger partial charge >= 0.3 is 7.60 Å². The quantitative estimate of drug-likeness (QED) is 0.411. The van der Waals surface area contributed by atoms with E-state index in [1.54, 1.807) is 6.07 Å². The lowest BCUT2D eigenvalue weighted by molar-refractivity contribution is 0.386. The SMILES string of the molecule is CCCCC(CC)Cc1cccc(P(=O)(O)O)c1CC(CC)CCCC. The van der Waals surface area contributed by atoms with Gasteiger partial charge in [-0.05, 0) is 41.9 Å². The van der Waals surface area contributed by atoms with Crippen LogP contribution in [0.4, 0.5) is 0 Å². The van der Waals surface area contributed by atoms with Crippen LogP contribution in [0.5, 0.6) is 0 Å². The first kappa shape index (κ1) is 23.4. The molecule has 4 heteroatoms. The Morgan fingerprint density at radius 3 is 1.88 bits per heavy atom. The molecule has 0 saturated carbocycles. The minimum absolute atomic E-state index is 0.260. The van der Waals surface area contributed by atoms with E-state index in [2.05, 4.69) is 33.8 Å². The van der Waals surface area contributed by atoms with Crippen LogP contribution in [0.3, 0.4) is 0 Å². The fourth-order valence-electron chi connectivity index (χ4n) is 3.81. The molecule has 0 fully saturated rings. The second-order valence-corrected chi connectivity index (χ2v) is 9.27. The highest BCUT2D eigenvalue weighted by Gasteiger charge is 2.25. The summed E-state index contributed by atoms with van der Waals surface area (Å²) in [5.74, 6) is 1.09. The summed E-state index contributed by atoms with van der Waals surface area (Å²) in [7, 11) is -4.25. The molecular formula is C22H39O3P. The van der Waals surface area contributed by atoms with Crippen molar-refractivity contribution in [3.05, 3.63) is 29.3 Å². The number of unbranched alkanes of at least 4 members (excludes halogenated alkanes) is 2. The highest BCUT2D eigenvalue weighted by molar-refractivity contribution is 7.60. The van der Waals surface area contributed by atoms with E-state index in [0.29, 0.717) is 11.8 Å². The monoisotopic (exact) mass is 382 g/mol. The van der Waals surface area contributed by atoms with Gasteiger partial charge in [0.1, 0.15) is 0 Å². The Morgan fingerprint density at radius 1 is 0.885 bits per heavy atom. The zero-order valence-corrected chi connectivity index (χ0v) is 18.1. The van der Waals surface area contributed by atoms with Gasteiger partial charge in [-0.3, -0.25) is 4.57 Å². The van der Waals surface area contributed by atoms with Gasteiger partial charge in [0.15, 0.2) is 0 Å². The Kier molecular flexibility index (Phi) is 10.8. The van der Waals surface area contributed by atoms with E-state index in [4.69, 9.17) is 0 Å². The van der Waals surface area contributed by atoms with Gasteiger partial charge in [-0.1, -0.05) is 91.2 Å². The molecule has 1 aromatic carbocycles. The molecule has 0 aliphatic heterocycles. The molecule has 0 amide bonds. The number of hydrogen-bond donors (Lipinski definition) is 2. The van der Waals surface area contributed by atoms with Crippen molar-refractivity contribution in [3.8, 4) is 0 Å². The largest absolute Gasteiger partial charge is 0.356 e. The zero-order chi connectivity index (χ0) is 19.6. The van der Waals surface area contributed by atoms with Crippen LogP contribution in [0.1, 0.15) is 90.2 Å². The number of rotatable bonds is 13. The molecule has 0 heterocycles. The van der Waals surface area contributed by atoms with E-state index in [0.717, 1.165) is 43.2 Å². The molecule has 0 aromatic heterocycles. The maximum absolute atomic E-state index is 12.1. The molecule has 150 valence electrons. The van der Waals surface area contributed by atoms with Gasteiger partial charge in [0, 0.05) is 0 Å². The first-order valence-electron chi connectivity index (χ1n) is 10.5. The number of hydrogen-bond acceptors (Lipinski definition) is 1. The second-order valence-electron chi connectivity index (χ2n) is 7.70. The predicted molar refractivity (Wildman–Crippen MR) is 112 cm³/mol. The summed E-state index contributed by atoms with van der Waals surface area (Å²) in [4.78, 5) is 19.8. The van der Waals surface area contributed by atoms with E-state index in [1.165, 1.54) is 32.1 Å². The summed E-state index contributed by atoms with van der Waals surface area (Å²) in [5, 5.41) is 0.260. The van der Waals surface area contributed by atoms with E-state index >= 15 is 0 Å². The van der Waals surface area contributed by atoms with E-state index in [-0.39, 0.29) is 5.30 Å². The maximum atomic E-state index is 12.1. The van der Waals surface area contributed by atoms with Crippen LogP contribution < -0.4 is 5.30 Å². The van der Waals surface area contributed by atoms with Crippen LogP contribution >= 0.6 is 7.60 Å². The van der Waals surface area contributed by atoms with Crippen molar-refractivity contribution in [2.45, 2.75) is 91.9 Å². The van der Waals surface area contributed by atoms with Gasteiger partial charge in [0.05, 0.1) is 5.30 Å². The van der Waals surface area contributed by atoms with Crippen LogP contribution in [-0.4, -0.2) is 9.79 Å². The molecule has 0 bridgehead atoms. The average Bonchev–Trinajstić information content (AvgIpc) is 2.61. The lowest BCUT2D eigenvalue weighted by Crippen LogP contribution is -2.19. The molecule has 0 spiro atoms. The van der Waals surface area contributed by atoms with Crippen molar-refractivity contribution in [2.24, 2.45) is 11.8 Å². The standard InChI is InChI=1S/C22H39O3P/c1-5-9-12-18(7-3)16-20-14-11-15-22(26(23,24)25)21(20)17-19(8-4)13-10-6-2/h11,14-15,18-19H,5-10,12-13,16-17H2,1-4H3,(H2,23,24,25).